The maximum atomic E-state index is 13.3. The fourth-order valence-corrected chi connectivity index (χ4v) is 4.47. The molecule has 7 heteroatoms. The van der Waals surface area contributed by atoms with Crippen molar-refractivity contribution >= 4 is 45.9 Å². The molecular weight excluding hydrogens is 430 g/mol. The van der Waals surface area contributed by atoms with Gasteiger partial charge in [-0.15, -0.1) is 0 Å². The summed E-state index contributed by atoms with van der Waals surface area (Å²) in [4.78, 5) is 32.7. The summed E-state index contributed by atoms with van der Waals surface area (Å²) in [5.74, 6) is -0.0868. The maximum absolute atomic E-state index is 13.3. The molecule has 156 valence electrons. The molecule has 1 atom stereocenters. The van der Waals surface area contributed by atoms with Crippen molar-refractivity contribution in [3.63, 3.8) is 0 Å². The number of rotatable bonds is 5. The first-order valence-electron chi connectivity index (χ1n) is 9.72. The molecule has 1 heterocycles. The number of para-hydroxylation sites is 2. The Bertz CT molecular complexity index is 1290. The zero-order chi connectivity index (χ0) is 22.0. The number of amides is 1. The molecular formula is C24H20ClN3O2S. The lowest BCUT2D eigenvalue weighted by molar-refractivity contribution is -0.117. The van der Waals surface area contributed by atoms with Gasteiger partial charge in [0.2, 0.25) is 5.91 Å². The Balaban J connectivity index is 1.77. The number of carbonyl (C=O) groups is 1. The van der Waals surface area contributed by atoms with E-state index in [0.717, 1.165) is 5.69 Å². The number of carbonyl (C=O) groups excluding carboxylic acids is 1. The molecule has 1 aromatic heterocycles. The highest BCUT2D eigenvalue weighted by Crippen LogP contribution is 2.27. The molecule has 0 spiro atoms. The van der Waals surface area contributed by atoms with Crippen molar-refractivity contribution in [2.45, 2.75) is 17.3 Å². The second-order valence-corrected chi connectivity index (χ2v) is 8.77. The molecule has 3 aromatic carbocycles. The molecule has 4 rings (SSSR count). The van der Waals surface area contributed by atoms with Gasteiger partial charge in [-0.3, -0.25) is 14.2 Å². The Morgan fingerprint density at radius 2 is 1.68 bits per heavy atom. The monoisotopic (exact) mass is 449 g/mol. The van der Waals surface area contributed by atoms with Gasteiger partial charge in [0.05, 0.1) is 21.8 Å². The average Bonchev–Trinajstić information content (AvgIpc) is 2.79. The first-order chi connectivity index (χ1) is 15.0. The van der Waals surface area contributed by atoms with Crippen molar-refractivity contribution in [2.75, 3.05) is 11.9 Å². The van der Waals surface area contributed by atoms with E-state index in [1.807, 2.05) is 67.6 Å². The molecule has 5 nitrogen and oxygen atoms in total. The van der Waals surface area contributed by atoms with Crippen molar-refractivity contribution in [3.8, 4) is 5.69 Å². The Morgan fingerprint density at radius 3 is 2.35 bits per heavy atom. The SMILES string of the molecule is CC(Sc1nc2cc(Cl)ccc2c(=O)n1-c1ccccc1)C(=O)N(C)c1ccccc1. The van der Waals surface area contributed by atoms with Crippen LogP contribution in [0.5, 0.6) is 0 Å². The molecule has 0 aliphatic carbocycles. The topological polar surface area (TPSA) is 55.2 Å². The van der Waals surface area contributed by atoms with Crippen molar-refractivity contribution in [1.29, 1.82) is 0 Å². The summed E-state index contributed by atoms with van der Waals surface area (Å²) in [6.45, 7) is 1.82. The van der Waals surface area contributed by atoms with E-state index in [1.54, 1.807) is 34.7 Å². The van der Waals surface area contributed by atoms with Crippen LogP contribution in [0.3, 0.4) is 0 Å². The zero-order valence-corrected chi connectivity index (χ0v) is 18.6. The molecule has 31 heavy (non-hydrogen) atoms. The fourth-order valence-electron chi connectivity index (χ4n) is 3.28. The minimum Gasteiger partial charge on any atom is -0.315 e. The molecule has 0 aliphatic heterocycles. The van der Waals surface area contributed by atoms with Crippen LogP contribution in [0.15, 0.2) is 88.8 Å². The Morgan fingerprint density at radius 1 is 1.03 bits per heavy atom. The van der Waals surface area contributed by atoms with Crippen LogP contribution in [0.25, 0.3) is 16.6 Å². The van der Waals surface area contributed by atoms with Gasteiger partial charge in [-0.1, -0.05) is 59.8 Å². The van der Waals surface area contributed by atoms with E-state index >= 15 is 0 Å². The van der Waals surface area contributed by atoms with Crippen molar-refractivity contribution in [1.82, 2.24) is 9.55 Å². The first-order valence-corrected chi connectivity index (χ1v) is 11.0. The lowest BCUT2D eigenvalue weighted by atomic mass is 10.2. The summed E-state index contributed by atoms with van der Waals surface area (Å²) < 4.78 is 1.55. The van der Waals surface area contributed by atoms with Crippen molar-refractivity contribution < 1.29 is 4.79 Å². The van der Waals surface area contributed by atoms with Crippen molar-refractivity contribution in [2.24, 2.45) is 0 Å². The Hall–Kier alpha value is -3.09. The standard InChI is InChI=1S/C24H20ClN3O2S/c1-16(22(29)27(2)18-9-5-3-6-10-18)31-24-26-21-15-17(25)13-14-20(21)23(30)28(24)19-11-7-4-8-12-19/h3-16H,1-2H3. The highest BCUT2D eigenvalue weighted by molar-refractivity contribution is 8.00. The normalized spacial score (nSPS) is 12.0. The van der Waals surface area contributed by atoms with Crippen LogP contribution in [0.1, 0.15) is 6.92 Å². The molecule has 1 unspecified atom stereocenters. The van der Waals surface area contributed by atoms with Crippen molar-refractivity contribution in [3.05, 3.63) is 94.2 Å². The summed E-state index contributed by atoms with van der Waals surface area (Å²) in [6.07, 6.45) is 0. The predicted octanol–water partition coefficient (Wildman–Crippen LogP) is 5.18. The third kappa shape index (κ3) is 4.36. The van der Waals surface area contributed by atoms with Crippen LogP contribution < -0.4 is 10.5 Å². The molecule has 0 saturated heterocycles. The number of thioether (sulfide) groups is 1. The van der Waals surface area contributed by atoms with E-state index in [1.165, 1.54) is 11.8 Å². The molecule has 4 aromatic rings. The summed E-state index contributed by atoms with van der Waals surface area (Å²) in [7, 11) is 1.74. The molecule has 0 N–H and O–H groups in total. The van der Waals surface area contributed by atoms with Gasteiger partial charge in [0.1, 0.15) is 0 Å². The molecule has 0 bridgehead atoms. The van der Waals surface area contributed by atoms with E-state index < -0.39 is 5.25 Å². The number of hydrogen-bond donors (Lipinski definition) is 0. The summed E-state index contributed by atoms with van der Waals surface area (Å²) in [6, 6.07) is 23.8. The number of aromatic nitrogens is 2. The van der Waals surface area contributed by atoms with E-state index in [0.29, 0.717) is 26.8 Å². The van der Waals surface area contributed by atoms with Crippen LogP contribution in [0.2, 0.25) is 5.02 Å². The number of benzene rings is 3. The highest BCUT2D eigenvalue weighted by Gasteiger charge is 2.23. The van der Waals surface area contributed by atoms with Gasteiger partial charge in [-0.2, -0.15) is 0 Å². The van der Waals surface area contributed by atoms with E-state index in [-0.39, 0.29) is 11.5 Å². The highest BCUT2D eigenvalue weighted by atomic mass is 35.5. The molecule has 0 fully saturated rings. The largest absolute Gasteiger partial charge is 0.315 e. The van der Waals surface area contributed by atoms with E-state index in [9.17, 15) is 9.59 Å². The number of halogens is 1. The van der Waals surface area contributed by atoms with Gasteiger partial charge in [-0.05, 0) is 49.4 Å². The van der Waals surface area contributed by atoms with Crippen LogP contribution >= 0.6 is 23.4 Å². The number of anilines is 1. The number of hydrogen-bond acceptors (Lipinski definition) is 4. The van der Waals surface area contributed by atoms with Gasteiger partial charge < -0.3 is 4.90 Å². The minimum atomic E-state index is -0.469. The minimum absolute atomic E-state index is 0.0868. The van der Waals surface area contributed by atoms with Crippen LogP contribution in [-0.2, 0) is 4.79 Å². The lowest BCUT2D eigenvalue weighted by Crippen LogP contribution is -2.33. The summed E-state index contributed by atoms with van der Waals surface area (Å²) in [5, 5.41) is 0.940. The quantitative estimate of drug-likeness (QED) is 0.311. The molecule has 0 saturated carbocycles. The fraction of sp³-hybridized carbons (Fsp3) is 0.125. The zero-order valence-electron chi connectivity index (χ0n) is 17.0. The third-order valence-electron chi connectivity index (χ3n) is 4.92. The molecule has 1 amide bonds. The van der Waals surface area contributed by atoms with Crippen LogP contribution in [0.4, 0.5) is 5.69 Å². The van der Waals surface area contributed by atoms with Crippen LogP contribution in [0, 0.1) is 0 Å². The lowest BCUT2D eigenvalue weighted by Gasteiger charge is -2.22. The van der Waals surface area contributed by atoms with Gasteiger partial charge >= 0.3 is 0 Å². The van der Waals surface area contributed by atoms with E-state index in [2.05, 4.69) is 0 Å². The van der Waals surface area contributed by atoms with Crippen LogP contribution in [-0.4, -0.2) is 27.8 Å². The van der Waals surface area contributed by atoms with E-state index in [4.69, 9.17) is 16.6 Å². The maximum Gasteiger partial charge on any atom is 0.266 e. The Kier molecular flexibility index (Phi) is 6.11. The van der Waals surface area contributed by atoms with Gasteiger partial charge in [0.25, 0.3) is 5.56 Å². The van der Waals surface area contributed by atoms with Gasteiger partial charge in [0.15, 0.2) is 5.16 Å². The Labute approximate surface area is 189 Å². The summed E-state index contributed by atoms with van der Waals surface area (Å²) >= 11 is 7.38. The predicted molar refractivity (Wildman–Crippen MR) is 128 cm³/mol. The third-order valence-corrected chi connectivity index (χ3v) is 6.19. The number of fused-ring (bicyclic) bond motifs is 1. The summed E-state index contributed by atoms with van der Waals surface area (Å²) in [5.41, 5.74) is 1.80. The average molecular weight is 450 g/mol. The van der Waals surface area contributed by atoms with Gasteiger partial charge in [-0.25, -0.2) is 4.98 Å². The molecule has 0 aliphatic rings. The first kappa shape index (κ1) is 21.2. The smallest absolute Gasteiger partial charge is 0.266 e. The number of nitrogens with zero attached hydrogens (tertiary/aromatic N) is 3. The van der Waals surface area contributed by atoms with Gasteiger partial charge in [0, 0.05) is 17.8 Å². The molecule has 0 radical (unpaired) electrons. The second kappa shape index (κ2) is 8.96. The second-order valence-electron chi connectivity index (χ2n) is 7.02.